The average Bonchev–Trinajstić information content (AvgIpc) is 2.51. The van der Waals surface area contributed by atoms with Crippen molar-refractivity contribution >= 4 is 10.9 Å². The van der Waals surface area contributed by atoms with Crippen LogP contribution in [0.3, 0.4) is 0 Å². The number of methoxy groups -OCH3 is 1. The number of nitrogens with zero attached hydrogens (tertiary/aromatic N) is 1. The molecule has 1 heterocycles. The van der Waals surface area contributed by atoms with Crippen LogP contribution in [0.1, 0.15) is 25.3 Å². The Balaban J connectivity index is 2.09. The highest BCUT2D eigenvalue weighted by molar-refractivity contribution is 5.81. The summed E-state index contributed by atoms with van der Waals surface area (Å²) in [5.41, 5.74) is 5.23. The molecule has 0 bridgehead atoms. The molecule has 1 aromatic carbocycles. The van der Waals surface area contributed by atoms with Gasteiger partial charge in [0.15, 0.2) is 0 Å². The molecule has 0 aliphatic heterocycles. The lowest BCUT2D eigenvalue weighted by atomic mass is 9.98. The van der Waals surface area contributed by atoms with Crippen LogP contribution in [-0.4, -0.2) is 24.2 Å². The Morgan fingerprint density at radius 2 is 2.05 bits per heavy atom. The van der Waals surface area contributed by atoms with E-state index in [0.29, 0.717) is 0 Å². The van der Waals surface area contributed by atoms with Crippen molar-refractivity contribution in [3.8, 4) is 0 Å². The van der Waals surface area contributed by atoms with Crippen LogP contribution in [0.2, 0.25) is 0 Å². The minimum atomic E-state index is 0.249. The maximum atomic E-state index is 5.69. The number of nitrogens with one attached hydrogen (secondary N) is 1. The Hall–Kier alpha value is -1.49. The van der Waals surface area contributed by atoms with E-state index in [1.165, 1.54) is 10.9 Å². The topological polar surface area (TPSA) is 60.2 Å². The quantitative estimate of drug-likeness (QED) is 0.601. The van der Waals surface area contributed by atoms with Crippen LogP contribution in [0, 0.1) is 0 Å². The molecule has 0 saturated carbocycles. The third-order valence-electron chi connectivity index (χ3n) is 3.77. The van der Waals surface area contributed by atoms with Crippen LogP contribution < -0.4 is 11.3 Å². The molecule has 2 atom stereocenters. The Bertz CT molecular complexity index is 539. The van der Waals surface area contributed by atoms with E-state index in [0.717, 1.165) is 24.8 Å². The Kier molecular flexibility index (Phi) is 5.47. The highest BCUT2D eigenvalue weighted by Gasteiger charge is 2.12. The zero-order chi connectivity index (χ0) is 14.4. The van der Waals surface area contributed by atoms with Gasteiger partial charge in [-0.25, -0.2) is 0 Å². The third kappa shape index (κ3) is 3.76. The summed E-state index contributed by atoms with van der Waals surface area (Å²) in [6, 6.07) is 10.5. The van der Waals surface area contributed by atoms with Crippen LogP contribution in [-0.2, 0) is 11.2 Å². The smallest absolute Gasteiger partial charge is 0.0704 e. The number of nitrogens with two attached hydrogens (primary N) is 1. The maximum Gasteiger partial charge on any atom is 0.0704 e. The van der Waals surface area contributed by atoms with Crippen molar-refractivity contribution in [1.82, 2.24) is 10.4 Å². The van der Waals surface area contributed by atoms with Gasteiger partial charge in [0.25, 0.3) is 0 Å². The van der Waals surface area contributed by atoms with Gasteiger partial charge in [0.05, 0.1) is 11.6 Å². The number of pyridine rings is 1. The summed E-state index contributed by atoms with van der Waals surface area (Å²) in [5.74, 6) is 5.69. The zero-order valence-electron chi connectivity index (χ0n) is 12.2. The zero-order valence-corrected chi connectivity index (χ0v) is 12.2. The van der Waals surface area contributed by atoms with E-state index in [9.17, 15) is 0 Å². The Labute approximate surface area is 120 Å². The molecule has 4 nitrogen and oxygen atoms in total. The van der Waals surface area contributed by atoms with Crippen molar-refractivity contribution < 1.29 is 4.74 Å². The van der Waals surface area contributed by atoms with Gasteiger partial charge in [-0.3, -0.25) is 16.3 Å². The van der Waals surface area contributed by atoms with Crippen molar-refractivity contribution in [2.75, 3.05) is 7.11 Å². The molecule has 2 rings (SSSR count). The summed E-state index contributed by atoms with van der Waals surface area (Å²) in [5, 5.41) is 1.20. The predicted molar refractivity (Wildman–Crippen MR) is 82.3 cm³/mol. The van der Waals surface area contributed by atoms with Gasteiger partial charge in [0.2, 0.25) is 0 Å². The Morgan fingerprint density at radius 3 is 2.80 bits per heavy atom. The second-order valence-corrected chi connectivity index (χ2v) is 5.18. The number of fused-ring (bicyclic) bond motifs is 1. The van der Waals surface area contributed by atoms with Gasteiger partial charge in [0.1, 0.15) is 0 Å². The van der Waals surface area contributed by atoms with Crippen LogP contribution >= 0.6 is 0 Å². The first kappa shape index (κ1) is 14.9. The van der Waals surface area contributed by atoms with Crippen molar-refractivity contribution in [3.63, 3.8) is 0 Å². The molecule has 3 N–H and O–H groups in total. The SMILES string of the molecule is COC(C)CCC(Cc1ccnc2ccccc12)NN. The second-order valence-electron chi connectivity index (χ2n) is 5.18. The van der Waals surface area contributed by atoms with Gasteiger partial charge < -0.3 is 4.74 Å². The molecule has 4 heteroatoms. The lowest BCUT2D eigenvalue weighted by Crippen LogP contribution is -2.37. The van der Waals surface area contributed by atoms with Crippen LogP contribution in [0.25, 0.3) is 10.9 Å². The Morgan fingerprint density at radius 1 is 1.25 bits per heavy atom. The second kappa shape index (κ2) is 7.33. The molecule has 2 aromatic rings. The number of ether oxygens (including phenoxy) is 1. The van der Waals surface area contributed by atoms with Gasteiger partial charge in [-0.05, 0) is 43.9 Å². The van der Waals surface area contributed by atoms with Gasteiger partial charge in [0, 0.05) is 24.7 Å². The van der Waals surface area contributed by atoms with E-state index in [2.05, 4.69) is 29.5 Å². The fraction of sp³-hybridized carbons (Fsp3) is 0.438. The van der Waals surface area contributed by atoms with E-state index >= 15 is 0 Å². The predicted octanol–water partition coefficient (Wildman–Crippen LogP) is 2.42. The lowest BCUT2D eigenvalue weighted by molar-refractivity contribution is 0.106. The molecule has 0 radical (unpaired) electrons. The standard InChI is InChI=1S/C16H23N3O/c1-12(20-2)7-8-14(19-17)11-13-9-10-18-16-6-4-3-5-15(13)16/h3-6,9-10,12,14,19H,7-8,11,17H2,1-2H3. The number of rotatable bonds is 7. The van der Waals surface area contributed by atoms with Gasteiger partial charge >= 0.3 is 0 Å². The highest BCUT2D eigenvalue weighted by Crippen LogP contribution is 2.19. The third-order valence-corrected chi connectivity index (χ3v) is 3.77. The normalized spacial score (nSPS) is 14.3. The molecule has 1 aromatic heterocycles. The monoisotopic (exact) mass is 273 g/mol. The minimum Gasteiger partial charge on any atom is -0.382 e. The van der Waals surface area contributed by atoms with E-state index in [-0.39, 0.29) is 12.1 Å². The fourth-order valence-electron chi connectivity index (χ4n) is 2.40. The van der Waals surface area contributed by atoms with Gasteiger partial charge in [-0.1, -0.05) is 18.2 Å². The van der Waals surface area contributed by atoms with E-state index in [1.54, 1.807) is 7.11 Å². The summed E-state index contributed by atoms with van der Waals surface area (Å²) in [6.07, 6.45) is 5.01. The first-order valence-electron chi connectivity index (χ1n) is 7.06. The number of hydrogen-bond acceptors (Lipinski definition) is 4. The maximum absolute atomic E-state index is 5.69. The molecular weight excluding hydrogens is 250 g/mol. The van der Waals surface area contributed by atoms with E-state index in [4.69, 9.17) is 10.6 Å². The summed E-state index contributed by atoms with van der Waals surface area (Å²) in [4.78, 5) is 4.39. The molecular formula is C16H23N3O. The van der Waals surface area contributed by atoms with Crippen molar-refractivity contribution in [3.05, 3.63) is 42.1 Å². The average molecular weight is 273 g/mol. The largest absolute Gasteiger partial charge is 0.382 e. The van der Waals surface area contributed by atoms with Gasteiger partial charge in [-0.2, -0.15) is 0 Å². The first-order chi connectivity index (χ1) is 9.74. The summed E-state index contributed by atoms with van der Waals surface area (Å²) < 4.78 is 5.29. The summed E-state index contributed by atoms with van der Waals surface area (Å²) in [6.45, 7) is 2.08. The van der Waals surface area contributed by atoms with Crippen LogP contribution in [0.5, 0.6) is 0 Å². The van der Waals surface area contributed by atoms with E-state index in [1.807, 2.05) is 24.4 Å². The molecule has 0 amide bonds. The number of benzene rings is 1. The molecule has 2 unspecified atom stereocenters. The first-order valence-corrected chi connectivity index (χ1v) is 7.06. The molecule has 0 spiro atoms. The van der Waals surface area contributed by atoms with Gasteiger partial charge in [-0.15, -0.1) is 0 Å². The van der Waals surface area contributed by atoms with Crippen molar-refractivity contribution in [2.24, 2.45) is 5.84 Å². The highest BCUT2D eigenvalue weighted by atomic mass is 16.5. The van der Waals surface area contributed by atoms with Crippen molar-refractivity contribution in [1.29, 1.82) is 0 Å². The molecule has 20 heavy (non-hydrogen) atoms. The fourth-order valence-corrected chi connectivity index (χ4v) is 2.40. The number of aromatic nitrogens is 1. The molecule has 0 aliphatic carbocycles. The number of hydrogen-bond donors (Lipinski definition) is 2. The van der Waals surface area contributed by atoms with Crippen LogP contribution in [0.15, 0.2) is 36.5 Å². The molecule has 0 fully saturated rings. The molecule has 0 saturated heterocycles. The number of para-hydroxylation sites is 1. The summed E-state index contributed by atoms with van der Waals surface area (Å²) >= 11 is 0. The molecule has 108 valence electrons. The lowest BCUT2D eigenvalue weighted by Gasteiger charge is -2.18. The summed E-state index contributed by atoms with van der Waals surface area (Å²) in [7, 11) is 1.74. The number of hydrazine groups is 1. The minimum absolute atomic E-state index is 0.249. The van der Waals surface area contributed by atoms with E-state index < -0.39 is 0 Å². The molecule has 0 aliphatic rings. The van der Waals surface area contributed by atoms with Crippen LogP contribution in [0.4, 0.5) is 0 Å². The van der Waals surface area contributed by atoms with Crippen molar-refractivity contribution in [2.45, 2.75) is 38.3 Å².